The molecule has 1 amide bonds. The molecular weight excluding hydrogens is 236 g/mol. The summed E-state index contributed by atoms with van der Waals surface area (Å²) in [5.74, 6) is -1.38. The molecule has 0 aromatic rings. The zero-order valence-electron chi connectivity index (χ0n) is 10.9. The maximum atomic E-state index is 11.8. The zero-order chi connectivity index (χ0) is 13.8. The summed E-state index contributed by atoms with van der Waals surface area (Å²) in [4.78, 5) is 23.1. The van der Waals surface area contributed by atoms with Gasteiger partial charge in [-0.2, -0.15) is 0 Å². The normalized spacial score (nSPS) is 19.9. The SMILES string of the molecule is COCCCC(N)C(=O)NC(C)(C(=O)O)C1CC1. The van der Waals surface area contributed by atoms with E-state index < -0.39 is 23.5 Å². The Morgan fingerprint density at radius 2 is 2.17 bits per heavy atom. The van der Waals surface area contributed by atoms with Crippen molar-refractivity contribution in [2.45, 2.75) is 44.2 Å². The number of methoxy groups -OCH3 is 1. The Bertz CT molecular complexity index is 317. The maximum Gasteiger partial charge on any atom is 0.329 e. The molecule has 0 aromatic carbocycles. The number of nitrogens with one attached hydrogen (secondary N) is 1. The van der Waals surface area contributed by atoms with Crippen LogP contribution in [-0.4, -0.2) is 42.3 Å². The first-order valence-corrected chi connectivity index (χ1v) is 6.21. The second-order valence-electron chi connectivity index (χ2n) is 5.01. The lowest BCUT2D eigenvalue weighted by molar-refractivity contribution is -0.148. The molecule has 0 aliphatic heterocycles. The van der Waals surface area contributed by atoms with E-state index in [9.17, 15) is 14.7 Å². The molecule has 6 heteroatoms. The van der Waals surface area contributed by atoms with Crippen LogP contribution in [-0.2, 0) is 14.3 Å². The second kappa shape index (κ2) is 6.15. The summed E-state index contributed by atoms with van der Waals surface area (Å²) in [5.41, 5.74) is 4.54. The van der Waals surface area contributed by atoms with E-state index in [1.54, 1.807) is 14.0 Å². The minimum Gasteiger partial charge on any atom is -0.480 e. The van der Waals surface area contributed by atoms with Gasteiger partial charge in [-0.15, -0.1) is 0 Å². The van der Waals surface area contributed by atoms with Crippen LogP contribution in [0, 0.1) is 5.92 Å². The molecule has 0 bridgehead atoms. The number of aliphatic carboxylic acids is 1. The highest BCUT2D eigenvalue weighted by Crippen LogP contribution is 2.39. The fourth-order valence-corrected chi connectivity index (χ4v) is 1.92. The Morgan fingerprint density at radius 1 is 1.56 bits per heavy atom. The van der Waals surface area contributed by atoms with Crippen molar-refractivity contribution in [1.82, 2.24) is 5.32 Å². The Hall–Kier alpha value is -1.14. The molecule has 104 valence electrons. The van der Waals surface area contributed by atoms with Crippen LogP contribution < -0.4 is 11.1 Å². The third-order valence-electron chi connectivity index (χ3n) is 3.42. The molecule has 4 N–H and O–H groups in total. The summed E-state index contributed by atoms with van der Waals surface area (Å²) in [6, 6.07) is -0.683. The first kappa shape index (κ1) is 14.9. The van der Waals surface area contributed by atoms with E-state index in [1.807, 2.05) is 0 Å². The summed E-state index contributed by atoms with van der Waals surface area (Å²) >= 11 is 0. The average molecular weight is 258 g/mol. The molecule has 6 nitrogen and oxygen atoms in total. The molecule has 18 heavy (non-hydrogen) atoms. The van der Waals surface area contributed by atoms with Gasteiger partial charge in [0, 0.05) is 13.7 Å². The third kappa shape index (κ3) is 3.68. The van der Waals surface area contributed by atoms with Crippen LogP contribution in [0.1, 0.15) is 32.6 Å². The molecule has 0 aromatic heterocycles. The minimum absolute atomic E-state index is 0.0186. The first-order valence-electron chi connectivity index (χ1n) is 6.21. The molecular formula is C12H22N2O4. The van der Waals surface area contributed by atoms with E-state index in [2.05, 4.69) is 5.32 Å². The van der Waals surface area contributed by atoms with Crippen LogP contribution >= 0.6 is 0 Å². The molecule has 1 aliphatic rings. The second-order valence-corrected chi connectivity index (χ2v) is 5.01. The summed E-state index contributed by atoms with van der Waals surface area (Å²) in [7, 11) is 1.58. The Balaban J connectivity index is 2.48. The van der Waals surface area contributed by atoms with Crippen molar-refractivity contribution < 1.29 is 19.4 Å². The van der Waals surface area contributed by atoms with Gasteiger partial charge in [0.15, 0.2) is 0 Å². The number of carboxylic acid groups (broad SMARTS) is 1. The molecule has 0 saturated heterocycles. The Labute approximate surface area is 107 Å². The van der Waals surface area contributed by atoms with Gasteiger partial charge in [0.05, 0.1) is 6.04 Å². The van der Waals surface area contributed by atoms with Crippen LogP contribution in [0.4, 0.5) is 0 Å². The van der Waals surface area contributed by atoms with Crippen molar-refractivity contribution in [2.75, 3.05) is 13.7 Å². The molecule has 1 saturated carbocycles. The van der Waals surface area contributed by atoms with E-state index in [0.717, 1.165) is 12.8 Å². The van der Waals surface area contributed by atoms with Gasteiger partial charge in [0.2, 0.25) is 5.91 Å². The number of hydrogen-bond donors (Lipinski definition) is 3. The van der Waals surface area contributed by atoms with Gasteiger partial charge in [-0.25, -0.2) is 4.79 Å². The lowest BCUT2D eigenvalue weighted by Gasteiger charge is -2.27. The van der Waals surface area contributed by atoms with Crippen molar-refractivity contribution in [2.24, 2.45) is 11.7 Å². The topological polar surface area (TPSA) is 102 Å². The maximum absolute atomic E-state index is 11.8. The largest absolute Gasteiger partial charge is 0.480 e. The number of amides is 1. The van der Waals surface area contributed by atoms with Crippen molar-refractivity contribution in [3.63, 3.8) is 0 Å². The Morgan fingerprint density at radius 3 is 2.61 bits per heavy atom. The summed E-state index contributed by atoms with van der Waals surface area (Å²) in [5, 5.41) is 11.8. The number of rotatable bonds is 8. The number of carbonyl (C=O) groups is 2. The van der Waals surface area contributed by atoms with Gasteiger partial charge in [-0.05, 0) is 38.5 Å². The predicted octanol–water partition coefficient (Wildman–Crippen LogP) is 0.110. The van der Waals surface area contributed by atoms with Gasteiger partial charge in [-0.3, -0.25) is 4.79 Å². The fourth-order valence-electron chi connectivity index (χ4n) is 1.92. The number of carboxylic acids is 1. The number of nitrogens with two attached hydrogens (primary N) is 1. The van der Waals surface area contributed by atoms with Crippen molar-refractivity contribution in [3.05, 3.63) is 0 Å². The van der Waals surface area contributed by atoms with Gasteiger partial charge in [0.1, 0.15) is 5.54 Å². The smallest absolute Gasteiger partial charge is 0.329 e. The molecule has 0 heterocycles. The van der Waals surface area contributed by atoms with Gasteiger partial charge in [-0.1, -0.05) is 0 Å². The van der Waals surface area contributed by atoms with Crippen LogP contribution in [0.2, 0.25) is 0 Å². The fraction of sp³-hybridized carbons (Fsp3) is 0.833. The Kier molecular flexibility index (Phi) is 5.10. The zero-order valence-corrected chi connectivity index (χ0v) is 10.9. The number of carbonyl (C=O) groups excluding carboxylic acids is 1. The summed E-state index contributed by atoms with van der Waals surface area (Å²) in [6.45, 7) is 2.09. The highest BCUT2D eigenvalue weighted by Gasteiger charge is 2.48. The molecule has 2 atom stereocenters. The first-order chi connectivity index (χ1) is 8.41. The summed E-state index contributed by atoms with van der Waals surface area (Å²) in [6.07, 6.45) is 2.84. The van der Waals surface area contributed by atoms with Gasteiger partial charge < -0.3 is 20.9 Å². The molecule has 0 radical (unpaired) electrons. The van der Waals surface area contributed by atoms with E-state index in [-0.39, 0.29) is 5.92 Å². The van der Waals surface area contributed by atoms with E-state index in [0.29, 0.717) is 19.4 Å². The lowest BCUT2D eigenvalue weighted by atomic mass is 9.95. The average Bonchev–Trinajstić information content (AvgIpc) is 3.12. The van der Waals surface area contributed by atoms with Crippen molar-refractivity contribution >= 4 is 11.9 Å². The molecule has 2 unspecified atom stereocenters. The third-order valence-corrected chi connectivity index (χ3v) is 3.42. The number of hydrogen-bond acceptors (Lipinski definition) is 4. The number of ether oxygens (including phenoxy) is 1. The molecule has 0 spiro atoms. The monoisotopic (exact) mass is 258 g/mol. The van der Waals surface area contributed by atoms with E-state index in [1.165, 1.54) is 0 Å². The molecule has 1 fully saturated rings. The van der Waals surface area contributed by atoms with Crippen LogP contribution in [0.25, 0.3) is 0 Å². The molecule has 1 aliphatic carbocycles. The lowest BCUT2D eigenvalue weighted by Crippen LogP contribution is -2.57. The van der Waals surface area contributed by atoms with Gasteiger partial charge in [0.25, 0.3) is 0 Å². The van der Waals surface area contributed by atoms with Crippen molar-refractivity contribution in [1.29, 1.82) is 0 Å². The quantitative estimate of drug-likeness (QED) is 0.536. The van der Waals surface area contributed by atoms with Crippen LogP contribution in [0.15, 0.2) is 0 Å². The van der Waals surface area contributed by atoms with Gasteiger partial charge >= 0.3 is 5.97 Å². The standard InChI is InChI=1S/C12H22N2O4/c1-12(11(16)17,8-5-6-8)14-10(15)9(13)4-3-7-18-2/h8-9H,3-7,13H2,1-2H3,(H,14,15)(H,16,17). The van der Waals surface area contributed by atoms with E-state index in [4.69, 9.17) is 10.5 Å². The predicted molar refractivity (Wildman–Crippen MR) is 66.0 cm³/mol. The summed E-state index contributed by atoms with van der Waals surface area (Å²) < 4.78 is 4.88. The van der Waals surface area contributed by atoms with E-state index >= 15 is 0 Å². The van der Waals surface area contributed by atoms with Crippen LogP contribution in [0.3, 0.4) is 0 Å². The highest BCUT2D eigenvalue weighted by atomic mass is 16.5. The highest BCUT2D eigenvalue weighted by molar-refractivity contribution is 5.89. The van der Waals surface area contributed by atoms with Crippen LogP contribution in [0.5, 0.6) is 0 Å². The molecule has 1 rings (SSSR count). The van der Waals surface area contributed by atoms with Crippen molar-refractivity contribution in [3.8, 4) is 0 Å². The minimum atomic E-state index is -1.18.